The van der Waals surface area contributed by atoms with Gasteiger partial charge in [0.1, 0.15) is 3.70 Å². The van der Waals surface area contributed by atoms with Crippen LogP contribution in [-0.2, 0) is 11.3 Å². The van der Waals surface area contributed by atoms with Crippen LogP contribution in [-0.4, -0.2) is 23.5 Å². The molecule has 0 atom stereocenters. The molecular weight excluding hydrogens is 279 g/mol. The van der Waals surface area contributed by atoms with Crippen molar-refractivity contribution in [3.05, 3.63) is 15.5 Å². The zero-order valence-corrected chi connectivity index (χ0v) is 10.2. The Morgan fingerprint density at radius 1 is 1.54 bits per heavy atom. The molecule has 0 bridgehead atoms. The summed E-state index contributed by atoms with van der Waals surface area (Å²) in [4.78, 5) is 0. The van der Waals surface area contributed by atoms with Crippen LogP contribution in [0.25, 0.3) is 0 Å². The number of halogens is 1. The highest BCUT2D eigenvalue weighted by atomic mass is 127. The van der Waals surface area contributed by atoms with Gasteiger partial charge in [0.05, 0.1) is 0 Å². The Balaban J connectivity index is 2.29. The lowest BCUT2D eigenvalue weighted by molar-refractivity contribution is 0.191. The van der Waals surface area contributed by atoms with Gasteiger partial charge in [-0.3, -0.25) is 4.68 Å². The van der Waals surface area contributed by atoms with E-state index in [9.17, 15) is 0 Å². The van der Waals surface area contributed by atoms with Gasteiger partial charge in [-0.2, -0.15) is 5.10 Å². The summed E-state index contributed by atoms with van der Waals surface area (Å²) in [5.41, 5.74) is 1.26. The number of methoxy groups -OCH3 is 1. The molecule has 1 rings (SSSR count). The second kappa shape index (κ2) is 5.59. The van der Waals surface area contributed by atoms with Crippen LogP contribution in [0.3, 0.4) is 0 Å². The zero-order valence-electron chi connectivity index (χ0n) is 8.09. The molecule has 0 aliphatic rings. The first-order valence-electron chi connectivity index (χ1n) is 4.42. The fourth-order valence-corrected chi connectivity index (χ4v) is 1.55. The van der Waals surface area contributed by atoms with Gasteiger partial charge < -0.3 is 4.74 Å². The summed E-state index contributed by atoms with van der Waals surface area (Å²) < 4.78 is 8.09. The van der Waals surface area contributed by atoms with Gasteiger partial charge >= 0.3 is 0 Å². The highest BCUT2D eigenvalue weighted by Gasteiger charge is 2.00. The van der Waals surface area contributed by atoms with Gasteiger partial charge in [0.2, 0.25) is 0 Å². The molecule has 1 aromatic rings. The van der Waals surface area contributed by atoms with Crippen molar-refractivity contribution in [1.82, 2.24) is 9.78 Å². The minimum Gasteiger partial charge on any atom is -0.385 e. The van der Waals surface area contributed by atoms with Gasteiger partial charge in [-0.1, -0.05) is 0 Å². The SMILES string of the molecule is COCCCCn1cc(C)c(I)n1. The lowest BCUT2D eigenvalue weighted by Gasteiger charge is -2.00. The molecule has 0 spiro atoms. The average Bonchev–Trinajstić information content (AvgIpc) is 2.41. The molecule has 0 saturated heterocycles. The van der Waals surface area contributed by atoms with Gasteiger partial charge in [0, 0.05) is 32.0 Å². The molecular formula is C9H15IN2O. The maximum absolute atomic E-state index is 4.98. The van der Waals surface area contributed by atoms with Gasteiger partial charge in [0.15, 0.2) is 0 Å². The Bertz CT molecular complexity index is 241. The minimum atomic E-state index is 0.845. The fraction of sp³-hybridized carbons (Fsp3) is 0.667. The molecule has 1 aromatic heterocycles. The summed E-state index contributed by atoms with van der Waals surface area (Å²) in [5.74, 6) is 0. The number of aryl methyl sites for hydroxylation is 2. The van der Waals surface area contributed by atoms with Crippen LogP contribution in [0.15, 0.2) is 6.20 Å². The third-order valence-electron chi connectivity index (χ3n) is 1.87. The second-order valence-electron chi connectivity index (χ2n) is 3.07. The molecule has 0 aliphatic heterocycles. The van der Waals surface area contributed by atoms with Crippen LogP contribution < -0.4 is 0 Å². The van der Waals surface area contributed by atoms with Crippen molar-refractivity contribution in [3.8, 4) is 0 Å². The first kappa shape index (κ1) is 11.0. The first-order chi connectivity index (χ1) is 6.24. The van der Waals surface area contributed by atoms with Crippen molar-refractivity contribution in [2.45, 2.75) is 26.3 Å². The van der Waals surface area contributed by atoms with E-state index in [4.69, 9.17) is 4.74 Å². The second-order valence-corrected chi connectivity index (χ2v) is 4.09. The van der Waals surface area contributed by atoms with E-state index in [0.717, 1.165) is 29.7 Å². The third kappa shape index (κ3) is 3.64. The molecule has 0 fully saturated rings. The Morgan fingerprint density at radius 2 is 2.31 bits per heavy atom. The number of hydrogen-bond acceptors (Lipinski definition) is 2. The standard InChI is InChI=1S/C9H15IN2O/c1-8-7-12(11-9(8)10)5-3-4-6-13-2/h7H,3-6H2,1-2H3. The largest absolute Gasteiger partial charge is 0.385 e. The summed E-state index contributed by atoms with van der Waals surface area (Å²) in [6.45, 7) is 3.92. The molecule has 3 nitrogen and oxygen atoms in total. The van der Waals surface area contributed by atoms with E-state index in [2.05, 4.69) is 40.8 Å². The normalized spacial score (nSPS) is 10.7. The monoisotopic (exact) mass is 294 g/mol. The Labute approximate surface area is 92.6 Å². The van der Waals surface area contributed by atoms with Crippen LogP contribution in [0.5, 0.6) is 0 Å². The van der Waals surface area contributed by atoms with E-state index < -0.39 is 0 Å². The summed E-state index contributed by atoms with van der Waals surface area (Å²) in [6, 6.07) is 0. The van der Waals surface area contributed by atoms with Crippen molar-refractivity contribution < 1.29 is 4.74 Å². The molecule has 0 amide bonds. The quantitative estimate of drug-likeness (QED) is 0.615. The molecule has 0 saturated carbocycles. The third-order valence-corrected chi connectivity index (χ3v) is 2.94. The summed E-state index contributed by atoms with van der Waals surface area (Å²) in [7, 11) is 1.74. The van der Waals surface area contributed by atoms with Crippen LogP contribution in [0.4, 0.5) is 0 Å². The molecule has 13 heavy (non-hydrogen) atoms. The van der Waals surface area contributed by atoms with Gasteiger partial charge in [0.25, 0.3) is 0 Å². The number of aromatic nitrogens is 2. The lowest BCUT2D eigenvalue weighted by Crippen LogP contribution is -2.00. The smallest absolute Gasteiger partial charge is 0.126 e. The summed E-state index contributed by atoms with van der Waals surface area (Å²) in [5, 5.41) is 4.37. The number of unbranched alkanes of at least 4 members (excludes halogenated alkanes) is 1. The molecule has 1 heterocycles. The predicted octanol–water partition coefficient (Wildman–Crippen LogP) is 2.22. The maximum atomic E-state index is 4.98. The van der Waals surface area contributed by atoms with Crippen molar-refractivity contribution in [1.29, 1.82) is 0 Å². The first-order valence-corrected chi connectivity index (χ1v) is 5.50. The Kier molecular flexibility index (Phi) is 4.72. The van der Waals surface area contributed by atoms with Crippen LogP contribution in [0, 0.1) is 10.6 Å². The van der Waals surface area contributed by atoms with Crippen LogP contribution in [0.1, 0.15) is 18.4 Å². The molecule has 0 N–H and O–H groups in total. The van der Waals surface area contributed by atoms with E-state index in [1.54, 1.807) is 7.11 Å². The van der Waals surface area contributed by atoms with E-state index in [1.807, 2.05) is 4.68 Å². The number of rotatable bonds is 5. The molecule has 0 unspecified atom stereocenters. The summed E-state index contributed by atoms with van der Waals surface area (Å²) >= 11 is 2.26. The molecule has 0 aromatic carbocycles. The predicted molar refractivity (Wildman–Crippen MR) is 60.8 cm³/mol. The number of hydrogen-bond donors (Lipinski definition) is 0. The average molecular weight is 294 g/mol. The topological polar surface area (TPSA) is 27.1 Å². The van der Waals surface area contributed by atoms with E-state index in [-0.39, 0.29) is 0 Å². The van der Waals surface area contributed by atoms with Crippen molar-refractivity contribution in [2.24, 2.45) is 0 Å². The fourth-order valence-electron chi connectivity index (χ4n) is 1.13. The van der Waals surface area contributed by atoms with Gasteiger partial charge in [-0.15, -0.1) is 0 Å². The molecule has 74 valence electrons. The van der Waals surface area contributed by atoms with Gasteiger partial charge in [-0.05, 0) is 42.4 Å². The highest BCUT2D eigenvalue weighted by Crippen LogP contribution is 2.08. The van der Waals surface area contributed by atoms with Gasteiger partial charge in [-0.25, -0.2) is 0 Å². The molecule has 4 heteroatoms. The van der Waals surface area contributed by atoms with E-state index in [0.29, 0.717) is 0 Å². The van der Waals surface area contributed by atoms with Crippen molar-refractivity contribution in [3.63, 3.8) is 0 Å². The van der Waals surface area contributed by atoms with Crippen LogP contribution >= 0.6 is 22.6 Å². The van der Waals surface area contributed by atoms with Crippen molar-refractivity contribution in [2.75, 3.05) is 13.7 Å². The highest BCUT2D eigenvalue weighted by molar-refractivity contribution is 14.1. The number of ether oxygens (including phenoxy) is 1. The maximum Gasteiger partial charge on any atom is 0.126 e. The van der Waals surface area contributed by atoms with E-state index in [1.165, 1.54) is 5.56 Å². The lowest BCUT2D eigenvalue weighted by atomic mass is 10.3. The van der Waals surface area contributed by atoms with Crippen molar-refractivity contribution >= 4 is 22.6 Å². The Hall–Kier alpha value is -0.100. The Morgan fingerprint density at radius 3 is 2.85 bits per heavy atom. The minimum absolute atomic E-state index is 0.845. The van der Waals surface area contributed by atoms with E-state index >= 15 is 0 Å². The van der Waals surface area contributed by atoms with Crippen LogP contribution in [0.2, 0.25) is 0 Å². The summed E-state index contributed by atoms with van der Waals surface area (Å²) in [6.07, 6.45) is 4.33. The molecule has 0 radical (unpaired) electrons. The molecule has 0 aliphatic carbocycles. The zero-order chi connectivity index (χ0) is 9.68. The number of nitrogens with zero attached hydrogens (tertiary/aromatic N) is 2.